The lowest BCUT2D eigenvalue weighted by atomic mass is 9.76. The first-order valence-electron chi connectivity index (χ1n) is 9.41. The largest absolute Gasteiger partial charge is 0.314 e. The van der Waals surface area contributed by atoms with E-state index in [1.807, 2.05) is 0 Å². The van der Waals surface area contributed by atoms with Gasteiger partial charge in [-0.15, -0.1) is 0 Å². The second-order valence-electron chi connectivity index (χ2n) is 8.02. The summed E-state index contributed by atoms with van der Waals surface area (Å²) in [5, 5.41) is 3.76. The number of hydrogen-bond donors (Lipinski definition) is 1. The molecule has 0 aliphatic heterocycles. The molecule has 21 heavy (non-hydrogen) atoms. The molecule has 1 N–H and O–H groups in total. The van der Waals surface area contributed by atoms with Gasteiger partial charge in [0.15, 0.2) is 0 Å². The van der Waals surface area contributed by atoms with Crippen molar-refractivity contribution in [1.29, 1.82) is 0 Å². The van der Waals surface area contributed by atoms with E-state index in [0.717, 1.165) is 36.3 Å². The predicted octanol–water partition coefficient (Wildman–Crippen LogP) is 4.40. The van der Waals surface area contributed by atoms with E-state index in [0.29, 0.717) is 0 Å². The summed E-state index contributed by atoms with van der Waals surface area (Å²) < 4.78 is 0. The molecule has 1 saturated carbocycles. The van der Waals surface area contributed by atoms with Gasteiger partial charge in [-0.1, -0.05) is 48.0 Å². The highest BCUT2D eigenvalue weighted by molar-refractivity contribution is 4.86. The van der Waals surface area contributed by atoms with Crippen molar-refractivity contribution in [2.45, 2.75) is 73.3 Å². The normalized spacial score (nSPS) is 27.0. The minimum Gasteiger partial charge on any atom is -0.314 e. The molecule has 3 atom stereocenters. The molecule has 3 unspecified atom stereocenters. The van der Waals surface area contributed by atoms with Crippen LogP contribution in [-0.4, -0.2) is 37.1 Å². The van der Waals surface area contributed by atoms with Crippen molar-refractivity contribution in [1.82, 2.24) is 10.2 Å². The molecular weight excluding hydrogens is 256 g/mol. The summed E-state index contributed by atoms with van der Waals surface area (Å²) in [5.41, 5.74) is 0. The van der Waals surface area contributed by atoms with E-state index in [2.05, 4.69) is 51.8 Å². The zero-order chi connectivity index (χ0) is 15.8. The average molecular weight is 297 g/mol. The third-order valence-electron chi connectivity index (χ3n) is 4.87. The number of hydrogen-bond acceptors (Lipinski definition) is 2. The molecule has 0 bridgehead atoms. The van der Waals surface area contributed by atoms with Crippen LogP contribution in [0.15, 0.2) is 0 Å². The maximum absolute atomic E-state index is 3.76. The SMILES string of the molecule is CCNC1CCC(CC)CC1CN(CC(C)C)CC(C)C. The van der Waals surface area contributed by atoms with E-state index in [4.69, 9.17) is 0 Å². The highest BCUT2D eigenvalue weighted by Gasteiger charge is 2.30. The van der Waals surface area contributed by atoms with E-state index in [1.54, 1.807) is 0 Å². The molecule has 0 spiro atoms. The van der Waals surface area contributed by atoms with Crippen molar-refractivity contribution in [2.24, 2.45) is 23.7 Å². The monoisotopic (exact) mass is 296 g/mol. The van der Waals surface area contributed by atoms with Crippen LogP contribution in [0.3, 0.4) is 0 Å². The first kappa shape index (κ1) is 19.0. The third-order valence-corrected chi connectivity index (χ3v) is 4.87. The third kappa shape index (κ3) is 7.15. The minimum atomic E-state index is 0.750. The van der Waals surface area contributed by atoms with Gasteiger partial charge in [-0.3, -0.25) is 0 Å². The first-order chi connectivity index (χ1) is 9.96. The van der Waals surface area contributed by atoms with Gasteiger partial charge in [0.05, 0.1) is 0 Å². The van der Waals surface area contributed by atoms with Crippen LogP contribution in [0.5, 0.6) is 0 Å². The molecule has 1 rings (SSSR count). The molecule has 0 amide bonds. The van der Waals surface area contributed by atoms with Crippen LogP contribution in [-0.2, 0) is 0 Å². The van der Waals surface area contributed by atoms with Gasteiger partial charge in [0.1, 0.15) is 0 Å². The summed E-state index contributed by atoms with van der Waals surface area (Å²) in [5.74, 6) is 3.35. The van der Waals surface area contributed by atoms with Crippen LogP contribution in [0.2, 0.25) is 0 Å². The Hall–Kier alpha value is -0.0800. The Kier molecular flexibility index (Phi) is 8.89. The fraction of sp³-hybridized carbons (Fsp3) is 1.00. The van der Waals surface area contributed by atoms with Crippen LogP contribution in [0.1, 0.15) is 67.2 Å². The van der Waals surface area contributed by atoms with Crippen molar-refractivity contribution in [3.05, 3.63) is 0 Å². The van der Waals surface area contributed by atoms with Crippen molar-refractivity contribution >= 4 is 0 Å². The lowest BCUT2D eigenvalue weighted by Gasteiger charge is -2.40. The topological polar surface area (TPSA) is 15.3 Å². The van der Waals surface area contributed by atoms with Crippen LogP contribution >= 0.6 is 0 Å². The van der Waals surface area contributed by atoms with Crippen LogP contribution < -0.4 is 5.32 Å². The summed E-state index contributed by atoms with van der Waals surface area (Å²) in [6, 6.07) is 0.750. The molecule has 0 saturated heterocycles. The van der Waals surface area contributed by atoms with E-state index >= 15 is 0 Å². The molecule has 2 nitrogen and oxygen atoms in total. The summed E-state index contributed by atoms with van der Waals surface area (Å²) in [6.45, 7) is 19.0. The van der Waals surface area contributed by atoms with Gasteiger partial charge in [-0.05, 0) is 49.5 Å². The van der Waals surface area contributed by atoms with Crippen molar-refractivity contribution in [3.63, 3.8) is 0 Å². The molecule has 2 heteroatoms. The van der Waals surface area contributed by atoms with Crippen LogP contribution in [0.25, 0.3) is 0 Å². The highest BCUT2D eigenvalue weighted by Crippen LogP contribution is 2.32. The second-order valence-corrected chi connectivity index (χ2v) is 8.02. The fourth-order valence-electron chi connectivity index (χ4n) is 4.05. The van der Waals surface area contributed by atoms with Gasteiger partial charge >= 0.3 is 0 Å². The molecule has 0 aromatic rings. The molecule has 1 aliphatic rings. The minimum absolute atomic E-state index is 0.750. The van der Waals surface area contributed by atoms with E-state index in [-0.39, 0.29) is 0 Å². The summed E-state index contributed by atoms with van der Waals surface area (Å²) in [7, 11) is 0. The van der Waals surface area contributed by atoms with Gasteiger partial charge in [0.2, 0.25) is 0 Å². The summed E-state index contributed by atoms with van der Waals surface area (Å²) in [4.78, 5) is 2.74. The predicted molar refractivity (Wildman–Crippen MR) is 94.7 cm³/mol. The summed E-state index contributed by atoms with van der Waals surface area (Å²) in [6.07, 6.45) is 5.61. The van der Waals surface area contributed by atoms with Gasteiger partial charge in [0.25, 0.3) is 0 Å². The molecule has 126 valence electrons. The second kappa shape index (κ2) is 9.84. The molecule has 0 radical (unpaired) electrons. The fourth-order valence-corrected chi connectivity index (χ4v) is 4.05. The zero-order valence-electron chi connectivity index (χ0n) is 15.5. The Labute approximate surface area is 134 Å². The van der Waals surface area contributed by atoms with E-state index in [1.165, 1.54) is 45.3 Å². The van der Waals surface area contributed by atoms with Crippen molar-refractivity contribution in [3.8, 4) is 0 Å². The molecule has 1 fully saturated rings. The number of nitrogens with one attached hydrogen (secondary N) is 1. The molecule has 1 aliphatic carbocycles. The van der Waals surface area contributed by atoms with E-state index in [9.17, 15) is 0 Å². The molecular formula is C19H40N2. The van der Waals surface area contributed by atoms with Gasteiger partial charge < -0.3 is 10.2 Å². The summed E-state index contributed by atoms with van der Waals surface area (Å²) >= 11 is 0. The molecule has 0 aromatic carbocycles. The quantitative estimate of drug-likeness (QED) is 0.678. The Balaban J connectivity index is 2.65. The average Bonchev–Trinajstić information content (AvgIpc) is 2.39. The Morgan fingerprint density at radius 2 is 1.62 bits per heavy atom. The maximum atomic E-state index is 3.76. The van der Waals surface area contributed by atoms with Gasteiger partial charge in [-0.2, -0.15) is 0 Å². The highest BCUT2D eigenvalue weighted by atomic mass is 15.1. The smallest absolute Gasteiger partial charge is 0.0108 e. The standard InChI is InChI=1S/C19H40N2/c1-7-17-9-10-19(20-8-2)18(11-17)14-21(12-15(3)4)13-16(5)6/h15-20H,7-14H2,1-6H3. The molecule has 0 heterocycles. The van der Waals surface area contributed by atoms with Gasteiger partial charge in [-0.25, -0.2) is 0 Å². The zero-order valence-corrected chi connectivity index (χ0v) is 15.5. The lowest BCUT2D eigenvalue weighted by Crippen LogP contribution is -2.47. The number of rotatable bonds is 9. The van der Waals surface area contributed by atoms with Crippen LogP contribution in [0.4, 0.5) is 0 Å². The van der Waals surface area contributed by atoms with Crippen molar-refractivity contribution in [2.75, 3.05) is 26.2 Å². The first-order valence-corrected chi connectivity index (χ1v) is 9.41. The Bertz CT molecular complexity index is 252. The Morgan fingerprint density at radius 1 is 1.00 bits per heavy atom. The molecule has 0 aromatic heterocycles. The lowest BCUT2D eigenvalue weighted by molar-refractivity contribution is 0.122. The number of nitrogens with zero attached hydrogens (tertiary/aromatic N) is 1. The Morgan fingerprint density at radius 3 is 2.10 bits per heavy atom. The van der Waals surface area contributed by atoms with Gasteiger partial charge in [0, 0.05) is 25.7 Å². The maximum Gasteiger partial charge on any atom is 0.0108 e. The van der Waals surface area contributed by atoms with Crippen LogP contribution in [0, 0.1) is 23.7 Å². The van der Waals surface area contributed by atoms with E-state index < -0.39 is 0 Å². The van der Waals surface area contributed by atoms with Crippen molar-refractivity contribution < 1.29 is 0 Å².